The van der Waals surface area contributed by atoms with Crippen LogP contribution in [0.3, 0.4) is 0 Å². The lowest BCUT2D eigenvalue weighted by atomic mass is 9.78. The van der Waals surface area contributed by atoms with Crippen molar-refractivity contribution in [3.8, 4) is 0 Å². The van der Waals surface area contributed by atoms with Crippen LogP contribution < -0.4 is 0 Å². The van der Waals surface area contributed by atoms with E-state index in [2.05, 4.69) is 31.9 Å². The lowest BCUT2D eigenvalue weighted by molar-refractivity contribution is -0.142. The molecule has 1 N–H and O–H groups in total. The fraction of sp³-hybridized carbons (Fsp3) is 0.889. The first-order chi connectivity index (χ1) is 5.75. The van der Waals surface area contributed by atoms with Gasteiger partial charge in [0.05, 0.1) is 0 Å². The van der Waals surface area contributed by atoms with Crippen LogP contribution in [-0.4, -0.2) is 20.7 Å². The van der Waals surface area contributed by atoms with Gasteiger partial charge in [-0.2, -0.15) is 0 Å². The van der Waals surface area contributed by atoms with E-state index in [0.29, 0.717) is 6.42 Å². The SMILES string of the molecule is CC(C)(C)C(Br)(CCCBr)C(=O)O. The van der Waals surface area contributed by atoms with Crippen LogP contribution in [0.5, 0.6) is 0 Å². The van der Waals surface area contributed by atoms with Gasteiger partial charge in [-0.1, -0.05) is 52.6 Å². The Morgan fingerprint density at radius 2 is 1.85 bits per heavy atom. The summed E-state index contributed by atoms with van der Waals surface area (Å²) in [7, 11) is 0. The van der Waals surface area contributed by atoms with E-state index in [0.717, 1.165) is 11.8 Å². The van der Waals surface area contributed by atoms with Gasteiger partial charge in [0.15, 0.2) is 0 Å². The summed E-state index contributed by atoms with van der Waals surface area (Å²) in [6.45, 7) is 5.80. The van der Waals surface area contributed by atoms with Crippen LogP contribution in [-0.2, 0) is 4.79 Å². The van der Waals surface area contributed by atoms with E-state index < -0.39 is 10.3 Å². The Morgan fingerprint density at radius 1 is 1.38 bits per heavy atom. The quantitative estimate of drug-likeness (QED) is 0.807. The molecular formula is C9H16Br2O2. The zero-order valence-electron chi connectivity index (χ0n) is 8.23. The lowest BCUT2D eigenvalue weighted by Crippen LogP contribution is -2.44. The average molecular weight is 316 g/mol. The standard InChI is InChI=1S/C9H16Br2O2/c1-8(2,3)9(11,7(12)13)5-4-6-10/h4-6H2,1-3H3,(H,12,13). The van der Waals surface area contributed by atoms with Gasteiger partial charge in [0.1, 0.15) is 4.32 Å². The highest BCUT2D eigenvalue weighted by atomic mass is 79.9. The van der Waals surface area contributed by atoms with E-state index in [9.17, 15) is 4.79 Å². The number of carbonyl (C=O) groups is 1. The third-order valence-corrected chi connectivity index (χ3v) is 4.67. The molecule has 0 aliphatic heterocycles. The van der Waals surface area contributed by atoms with Gasteiger partial charge in [-0.05, 0) is 18.3 Å². The molecule has 0 saturated heterocycles. The third kappa shape index (κ3) is 3.24. The van der Waals surface area contributed by atoms with Crippen molar-refractivity contribution in [2.24, 2.45) is 5.41 Å². The molecule has 0 aromatic carbocycles. The van der Waals surface area contributed by atoms with Crippen molar-refractivity contribution in [3.63, 3.8) is 0 Å². The Bertz CT molecular complexity index is 187. The summed E-state index contributed by atoms with van der Waals surface area (Å²) >= 11 is 6.66. The maximum Gasteiger partial charge on any atom is 0.320 e. The summed E-state index contributed by atoms with van der Waals surface area (Å²) in [5.74, 6) is -0.777. The topological polar surface area (TPSA) is 37.3 Å². The zero-order chi connectivity index (χ0) is 10.7. The molecule has 2 nitrogen and oxygen atoms in total. The molecule has 0 radical (unpaired) electrons. The van der Waals surface area contributed by atoms with Gasteiger partial charge in [0.25, 0.3) is 0 Å². The second kappa shape index (κ2) is 4.78. The summed E-state index contributed by atoms with van der Waals surface area (Å²) in [5.41, 5.74) is -0.277. The van der Waals surface area contributed by atoms with Crippen LogP contribution in [0.1, 0.15) is 33.6 Å². The number of hydrogen-bond acceptors (Lipinski definition) is 1. The van der Waals surface area contributed by atoms with Gasteiger partial charge in [-0.25, -0.2) is 0 Å². The Morgan fingerprint density at radius 3 is 2.08 bits per heavy atom. The van der Waals surface area contributed by atoms with Gasteiger partial charge in [0, 0.05) is 5.33 Å². The number of alkyl halides is 2. The van der Waals surface area contributed by atoms with E-state index >= 15 is 0 Å². The van der Waals surface area contributed by atoms with Crippen molar-refractivity contribution in [1.82, 2.24) is 0 Å². The van der Waals surface area contributed by atoms with Gasteiger partial charge < -0.3 is 5.11 Å². The van der Waals surface area contributed by atoms with Gasteiger partial charge in [0.2, 0.25) is 0 Å². The predicted molar refractivity (Wildman–Crippen MR) is 61.8 cm³/mol. The van der Waals surface area contributed by atoms with Crippen molar-refractivity contribution in [1.29, 1.82) is 0 Å². The van der Waals surface area contributed by atoms with Crippen LogP contribution in [0.25, 0.3) is 0 Å². The monoisotopic (exact) mass is 314 g/mol. The molecule has 0 saturated carbocycles. The lowest BCUT2D eigenvalue weighted by Gasteiger charge is -2.36. The summed E-state index contributed by atoms with van der Waals surface area (Å²) in [6, 6.07) is 0. The van der Waals surface area contributed by atoms with Crippen LogP contribution in [0.2, 0.25) is 0 Å². The maximum absolute atomic E-state index is 11.1. The summed E-state index contributed by atoms with van der Waals surface area (Å²) in [6.07, 6.45) is 1.49. The second-order valence-electron chi connectivity index (χ2n) is 4.15. The first kappa shape index (κ1) is 13.4. The number of carboxylic acids is 1. The molecule has 0 spiro atoms. The number of rotatable bonds is 4. The molecule has 4 heteroatoms. The molecule has 0 aromatic heterocycles. The first-order valence-electron chi connectivity index (χ1n) is 4.24. The van der Waals surface area contributed by atoms with E-state index in [4.69, 9.17) is 5.11 Å². The Labute approximate surface area is 96.3 Å². The average Bonchev–Trinajstić information content (AvgIpc) is 1.97. The minimum atomic E-state index is -0.812. The third-order valence-electron chi connectivity index (χ3n) is 2.18. The van der Waals surface area contributed by atoms with Gasteiger partial charge >= 0.3 is 5.97 Å². The van der Waals surface area contributed by atoms with E-state index in [1.54, 1.807) is 0 Å². The number of halogens is 2. The second-order valence-corrected chi connectivity index (χ2v) is 6.30. The van der Waals surface area contributed by atoms with Crippen LogP contribution in [0, 0.1) is 5.41 Å². The Hall–Kier alpha value is 0.430. The van der Waals surface area contributed by atoms with Crippen molar-refractivity contribution >= 4 is 37.8 Å². The fourth-order valence-corrected chi connectivity index (χ4v) is 1.67. The van der Waals surface area contributed by atoms with Crippen LogP contribution >= 0.6 is 31.9 Å². The van der Waals surface area contributed by atoms with Crippen molar-refractivity contribution in [3.05, 3.63) is 0 Å². The summed E-state index contributed by atoms with van der Waals surface area (Å²) < 4.78 is -0.812. The van der Waals surface area contributed by atoms with Crippen molar-refractivity contribution in [2.45, 2.75) is 37.9 Å². The molecule has 0 amide bonds. The van der Waals surface area contributed by atoms with Crippen molar-refractivity contribution < 1.29 is 9.90 Å². The number of hydrogen-bond donors (Lipinski definition) is 1. The van der Waals surface area contributed by atoms with Crippen molar-refractivity contribution in [2.75, 3.05) is 5.33 Å². The molecule has 0 aliphatic carbocycles. The minimum Gasteiger partial charge on any atom is -0.480 e. The molecule has 1 unspecified atom stereocenters. The summed E-state index contributed by atoms with van der Waals surface area (Å²) in [4.78, 5) is 11.1. The minimum absolute atomic E-state index is 0.277. The number of aliphatic carboxylic acids is 1. The van der Waals surface area contributed by atoms with Gasteiger partial charge in [-0.15, -0.1) is 0 Å². The largest absolute Gasteiger partial charge is 0.480 e. The Kier molecular flexibility index (Phi) is 4.94. The number of carboxylic acid groups (broad SMARTS) is 1. The molecule has 0 heterocycles. The molecular weight excluding hydrogens is 300 g/mol. The van der Waals surface area contributed by atoms with E-state index in [1.807, 2.05) is 20.8 Å². The van der Waals surface area contributed by atoms with Crippen LogP contribution in [0.15, 0.2) is 0 Å². The highest BCUT2D eigenvalue weighted by molar-refractivity contribution is 9.10. The summed E-state index contributed by atoms with van der Waals surface area (Å²) in [5, 5.41) is 9.97. The highest BCUT2D eigenvalue weighted by Gasteiger charge is 2.45. The normalized spacial score (nSPS) is 16.7. The molecule has 0 aromatic rings. The zero-order valence-corrected chi connectivity index (χ0v) is 11.4. The first-order valence-corrected chi connectivity index (χ1v) is 6.15. The molecule has 13 heavy (non-hydrogen) atoms. The molecule has 0 rings (SSSR count). The van der Waals surface area contributed by atoms with Gasteiger partial charge in [-0.3, -0.25) is 4.79 Å². The maximum atomic E-state index is 11.1. The molecule has 0 bridgehead atoms. The Balaban J connectivity index is 4.64. The van der Waals surface area contributed by atoms with E-state index in [-0.39, 0.29) is 5.41 Å². The fourth-order valence-electron chi connectivity index (χ4n) is 1.11. The molecule has 78 valence electrons. The smallest absolute Gasteiger partial charge is 0.320 e. The molecule has 1 atom stereocenters. The predicted octanol–water partition coefficient (Wildman–Crippen LogP) is 3.43. The highest BCUT2D eigenvalue weighted by Crippen LogP contribution is 2.42. The molecule has 0 aliphatic rings. The van der Waals surface area contributed by atoms with E-state index in [1.165, 1.54) is 0 Å². The molecule has 0 fully saturated rings. The van der Waals surface area contributed by atoms with Crippen LogP contribution in [0.4, 0.5) is 0 Å².